The molecule has 0 aliphatic carbocycles. The molecule has 2 atom stereocenters. The Labute approximate surface area is 136 Å². The normalized spacial score (nSPS) is 23.7. The molecule has 2 aromatic carbocycles. The molecule has 4 nitrogen and oxygen atoms in total. The van der Waals surface area contributed by atoms with Crippen molar-refractivity contribution in [3.63, 3.8) is 0 Å². The summed E-state index contributed by atoms with van der Waals surface area (Å²) in [5.41, 5.74) is 0. The van der Waals surface area contributed by atoms with E-state index in [9.17, 15) is 4.79 Å². The Morgan fingerprint density at radius 2 is 1.91 bits per heavy atom. The first kappa shape index (κ1) is 14.5. The summed E-state index contributed by atoms with van der Waals surface area (Å²) in [6.07, 6.45) is 3.48. The molecular weight excluding hydrogens is 288 g/mol. The number of rotatable bonds is 3. The van der Waals surface area contributed by atoms with E-state index in [0.29, 0.717) is 12.1 Å². The molecule has 2 heterocycles. The van der Waals surface area contributed by atoms with Gasteiger partial charge in [-0.2, -0.15) is 0 Å². The summed E-state index contributed by atoms with van der Waals surface area (Å²) in [7, 11) is 0. The van der Waals surface area contributed by atoms with E-state index in [1.807, 2.05) is 35.2 Å². The standard InChI is InChI=1S/C19H22N2O2/c22-19(21-10-9-16-6-7-17(12-21)20-16)13-23-18-8-5-14-3-1-2-4-15(14)11-18/h1-5,8,11,16-17,20H,6-7,9-10,12-13H2. The van der Waals surface area contributed by atoms with Gasteiger partial charge in [0.2, 0.25) is 0 Å². The highest BCUT2D eigenvalue weighted by atomic mass is 16.5. The van der Waals surface area contributed by atoms with E-state index in [4.69, 9.17) is 4.74 Å². The van der Waals surface area contributed by atoms with Gasteiger partial charge in [0, 0.05) is 25.2 Å². The molecule has 23 heavy (non-hydrogen) atoms. The maximum Gasteiger partial charge on any atom is 0.260 e. The molecule has 2 saturated heterocycles. The van der Waals surface area contributed by atoms with Gasteiger partial charge in [-0.05, 0) is 42.2 Å². The molecular formula is C19H22N2O2. The van der Waals surface area contributed by atoms with Crippen LogP contribution in [-0.4, -0.2) is 42.6 Å². The number of likely N-dealkylation sites (tertiary alicyclic amines) is 1. The zero-order valence-electron chi connectivity index (χ0n) is 13.2. The highest BCUT2D eigenvalue weighted by Crippen LogP contribution is 2.22. The summed E-state index contributed by atoms with van der Waals surface area (Å²) in [6, 6.07) is 15.2. The molecule has 4 rings (SSSR count). The maximum absolute atomic E-state index is 12.4. The van der Waals surface area contributed by atoms with Gasteiger partial charge in [-0.3, -0.25) is 4.79 Å². The van der Waals surface area contributed by atoms with Crippen LogP contribution < -0.4 is 10.1 Å². The van der Waals surface area contributed by atoms with Gasteiger partial charge in [0.15, 0.2) is 6.61 Å². The highest BCUT2D eigenvalue weighted by molar-refractivity contribution is 5.84. The number of ether oxygens (including phenoxy) is 1. The van der Waals surface area contributed by atoms with Crippen LogP contribution in [0.15, 0.2) is 42.5 Å². The number of benzene rings is 2. The molecule has 2 fully saturated rings. The van der Waals surface area contributed by atoms with Gasteiger partial charge in [-0.15, -0.1) is 0 Å². The molecule has 0 radical (unpaired) electrons. The summed E-state index contributed by atoms with van der Waals surface area (Å²) in [5, 5.41) is 5.91. The van der Waals surface area contributed by atoms with Crippen LogP contribution in [0.2, 0.25) is 0 Å². The van der Waals surface area contributed by atoms with E-state index >= 15 is 0 Å². The Kier molecular flexibility index (Phi) is 3.92. The smallest absolute Gasteiger partial charge is 0.260 e. The van der Waals surface area contributed by atoms with E-state index in [1.165, 1.54) is 18.2 Å². The van der Waals surface area contributed by atoms with Crippen molar-refractivity contribution < 1.29 is 9.53 Å². The van der Waals surface area contributed by atoms with Crippen LogP contribution in [0.4, 0.5) is 0 Å². The van der Waals surface area contributed by atoms with Crippen molar-refractivity contribution in [2.75, 3.05) is 19.7 Å². The van der Waals surface area contributed by atoms with Crippen LogP contribution in [0.1, 0.15) is 19.3 Å². The third-order valence-electron chi connectivity index (χ3n) is 4.96. The average molecular weight is 310 g/mol. The number of amides is 1. The summed E-state index contributed by atoms with van der Waals surface area (Å²) in [5.74, 6) is 0.846. The third-order valence-corrected chi connectivity index (χ3v) is 4.96. The van der Waals surface area contributed by atoms with Gasteiger partial charge in [0.25, 0.3) is 5.91 Å². The number of hydrogen-bond acceptors (Lipinski definition) is 3. The quantitative estimate of drug-likeness (QED) is 0.947. The fraction of sp³-hybridized carbons (Fsp3) is 0.421. The molecule has 2 unspecified atom stereocenters. The number of carbonyl (C=O) groups is 1. The fourth-order valence-electron chi connectivity index (χ4n) is 3.66. The van der Waals surface area contributed by atoms with Gasteiger partial charge < -0.3 is 15.0 Å². The van der Waals surface area contributed by atoms with Gasteiger partial charge >= 0.3 is 0 Å². The zero-order chi connectivity index (χ0) is 15.6. The minimum absolute atomic E-state index is 0.0903. The van der Waals surface area contributed by atoms with E-state index in [0.717, 1.165) is 30.6 Å². The Bertz CT molecular complexity index is 715. The zero-order valence-corrected chi connectivity index (χ0v) is 13.2. The minimum Gasteiger partial charge on any atom is -0.484 e. The molecule has 0 saturated carbocycles. The summed E-state index contributed by atoms with van der Waals surface area (Å²) in [6.45, 7) is 1.78. The summed E-state index contributed by atoms with van der Waals surface area (Å²) in [4.78, 5) is 14.4. The second kappa shape index (κ2) is 6.20. The van der Waals surface area contributed by atoms with Gasteiger partial charge in [-0.25, -0.2) is 0 Å². The van der Waals surface area contributed by atoms with Gasteiger partial charge in [0.1, 0.15) is 5.75 Å². The Morgan fingerprint density at radius 1 is 1.09 bits per heavy atom. The number of nitrogens with zero attached hydrogens (tertiary/aromatic N) is 1. The minimum atomic E-state index is 0.0903. The fourth-order valence-corrected chi connectivity index (χ4v) is 3.66. The van der Waals surface area contributed by atoms with Gasteiger partial charge in [0.05, 0.1) is 0 Å². The van der Waals surface area contributed by atoms with E-state index in [1.54, 1.807) is 0 Å². The second-order valence-corrected chi connectivity index (χ2v) is 6.56. The highest BCUT2D eigenvalue weighted by Gasteiger charge is 2.31. The second-order valence-electron chi connectivity index (χ2n) is 6.56. The predicted molar refractivity (Wildman–Crippen MR) is 90.6 cm³/mol. The molecule has 2 aromatic rings. The lowest BCUT2D eigenvalue weighted by atomic mass is 10.1. The lowest BCUT2D eigenvalue weighted by Crippen LogP contribution is -2.41. The first-order chi connectivity index (χ1) is 11.3. The van der Waals surface area contributed by atoms with E-state index in [2.05, 4.69) is 17.4 Å². The summed E-state index contributed by atoms with van der Waals surface area (Å²) >= 11 is 0. The first-order valence-corrected chi connectivity index (χ1v) is 8.43. The Morgan fingerprint density at radius 3 is 2.83 bits per heavy atom. The van der Waals surface area contributed by atoms with Crippen molar-refractivity contribution >= 4 is 16.7 Å². The van der Waals surface area contributed by atoms with Crippen molar-refractivity contribution in [1.29, 1.82) is 0 Å². The van der Waals surface area contributed by atoms with Gasteiger partial charge in [-0.1, -0.05) is 30.3 Å². The lowest BCUT2D eigenvalue weighted by molar-refractivity contribution is -0.133. The molecule has 120 valence electrons. The van der Waals surface area contributed by atoms with Crippen LogP contribution in [0.25, 0.3) is 10.8 Å². The predicted octanol–water partition coefficient (Wildman–Crippen LogP) is 2.57. The van der Waals surface area contributed by atoms with Crippen LogP contribution in [0.3, 0.4) is 0 Å². The molecule has 2 aliphatic heterocycles. The molecule has 0 aromatic heterocycles. The maximum atomic E-state index is 12.4. The largest absolute Gasteiger partial charge is 0.484 e. The van der Waals surface area contributed by atoms with Crippen LogP contribution >= 0.6 is 0 Å². The SMILES string of the molecule is O=C(COc1ccc2ccccc2c1)N1CCC2CCC(C1)N2. The number of carbonyl (C=O) groups excluding carboxylic acids is 1. The van der Waals surface area contributed by atoms with Crippen molar-refractivity contribution in [3.8, 4) is 5.75 Å². The number of fused-ring (bicyclic) bond motifs is 3. The number of hydrogen-bond donors (Lipinski definition) is 1. The molecule has 2 aliphatic rings. The van der Waals surface area contributed by atoms with Crippen molar-refractivity contribution in [1.82, 2.24) is 10.2 Å². The van der Waals surface area contributed by atoms with E-state index in [-0.39, 0.29) is 12.5 Å². The summed E-state index contributed by atoms with van der Waals surface area (Å²) < 4.78 is 5.74. The van der Waals surface area contributed by atoms with Crippen LogP contribution in [-0.2, 0) is 4.79 Å². The van der Waals surface area contributed by atoms with Crippen LogP contribution in [0, 0.1) is 0 Å². The van der Waals surface area contributed by atoms with Crippen molar-refractivity contribution in [2.45, 2.75) is 31.3 Å². The average Bonchev–Trinajstić information content (AvgIpc) is 2.91. The van der Waals surface area contributed by atoms with E-state index < -0.39 is 0 Å². The van der Waals surface area contributed by atoms with Crippen molar-refractivity contribution in [2.24, 2.45) is 0 Å². The van der Waals surface area contributed by atoms with Crippen LogP contribution in [0.5, 0.6) is 5.75 Å². The number of nitrogens with one attached hydrogen (secondary N) is 1. The first-order valence-electron chi connectivity index (χ1n) is 8.43. The Balaban J connectivity index is 1.38. The molecule has 2 bridgehead atoms. The topological polar surface area (TPSA) is 41.6 Å². The molecule has 4 heteroatoms. The molecule has 1 N–H and O–H groups in total. The molecule has 1 amide bonds. The monoisotopic (exact) mass is 310 g/mol. The lowest BCUT2D eigenvalue weighted by Gasteiger charge is -2.24. The Hall–Kier alpha value is -2.07. The van der Waals surface area contributed by atoms with Crippen molar-refractivity contribution in [3.05, 3.63) is 42.5 Å². The third kappa shape index (κ3) is 3.17. The molecule has 0 spiro atoms.